The molecule has 3 aromatic rings. The monoisotopic (exact) mass is 431 g/mol. The number of urea groups is 1. The maximum absolute atomic E-state index is 13.2. The van der Waals surface area contributed by atoms with Crippen LogP contribution in [0.25, 0.3) is 11.0 Å². The number of benzene rings is 2. The molecule has 0 saturated carbocycles. The van der Waals surface area contributed by atoms with E-state index in [9.17, 15) is 14.4 Å². The number of rotatable bonds is 5. The average molecular weight is 431 g/mol. The lowest BCUT2D eigenvalue weighted by atomic mass is 9.89. The van der Waals surface area contributed by atoms with E-state index in [2.05, 4.69) is 10.6 Å². The summed E-state index contributed by atoms with van der Waals surface area (Å²) in [5.74, 6) is -0.244. The number of imide groups is 1. The number of hydrogen-bond acceptors (Lipinski definition) is 4. The minimum atomic E-state index is -1.18. The van der Waals surface area contributed by atoms with Crippen molar-refractivity contribution in [1.82, 2.24) is 15.5 Å². The number of carbonyl (C=O) groups is 3. The van der Waals surface area contributed by atoms with Crippen LogP contribution in [0.1, 0.15) is 48.8 Å². The molecule has 2 N–H and O–H groups in total. The molecule has 0 bridgehead atoms. The Morgan fingerprint density at radius 1 is 1.16 bits per heavy atom. The van der Waals surface area contributed by atoms with Gasteiger partial charge in [-0.1, -0.05) is 36.4 Å². The third-order valence-electron chi connectivity index (χ3n) is 6.50. The third kappa shape index (κ3) is 3.34. The van der Waals surface area contributed by atoms with Gasteiger partial charge in [-0.3, -0.25) is 14.5 Å². The zero-order valence-electron chi connectivity index (χ0n) is 18.1. The largest absolute Gasteiger partial charge is 0.459 e. The highest BCUT2D eigenvalue weighted by Gasteiger charge is 2.49. The number of nitrogens with zero attached hydrogens (tertiary/aromatic N) is 1. The van der Waals surface area contributed by atoms with E-state index >= 15 is 0 Å². The van der Waals surface area contributed by atoms with Crippen molar-refractivity contribution in [3.05, 3.63) is 71.0 Å². The van der Waals surface area contributed by atoms with Gasteiger partial charge in [0.25, 0.3) is 5.91 Å². The number of aryl methyl sites for hydroxylation is 2. The predicted octanol–water partition coefficient (Wildman–Crippen LogP) is 3.57. The van der Waals surface area contributed by atoms with Gasteiger partial charge in [0.2, 0.25) is 5.91 Å². The summed E-state index contributed by atoms with van der Waals surface area (Å²) in [6.07, 6.45) is 3.13. The molecular weight excluding hydrogens is 406 g/mol. The van der Waals surface area contributed by atoms with Crippen molar-refractivity contribution >= 4 is 28.8 Å². The summed E-state index contributed by atoms with van der Waals surface area (Å²) in [5, 5.41) is 6.55. The molecule has 1 saturated heterocycles. The maximum Gasteiger partial charge on any atom is 0.325 e. The first-order chi connectivity index (χ1) is 15.3. The highest BCUT2D eigenvalue weighted by Crippen LogP contribution is 2.32. The van der Waals surface area contributed by atoms with Crippen LogP contribution in [0.4, 0.5) is 4.79 Å². The fourth-order valence-electron chi connectivity index (χ4n) is 4.64. The number of furan rings is 1. The van der Waals surface area contributed by atoms with E-state index in [0.717, 1.165) is 40.7 Å². The Bertz CT molecular complexity index is 1210. The Labute approximate surface area is 185 Å². The molecule has 0 radical (unpaired) electrons. The molecule has 7 heteroatoms. The summed E-state index contributed by atoms with van der Waals surface area (Å²) < 4.78 is 5.80. The van der Waals surface area contributed by atoms with E-state index in [-0.39, 0.29) is 6.54 Å². The predicted molar refractivity (Wildman–Crippen MR) is 119 cm³/mol. The van der Waals surface area contributed by atoms with Gasteiger partial charge in [0, 0.05) is 5.39 Å². The minimum absolute atomic E-state index is 0.351. The summed E-state index contributed by atoms with van der Waals surface area (Å²) in [5.41, 5.74) is 2.82. The van der Waals surface area contributed by atoms with Crippen molar-refractivity contribution in [3.8, 4) is 0 Å². The summed E-state index contributed by atoms with van der Waals surface area (Å²) in [4.78, 5) is 39.4. The first kappa shape index (κ1) is 20.3. The number of carbonyl (C=O) groups excluding carboxylic acids is 3. The maximum atomic E-state index is 13.2. The lowest BCUT2D eigenvalue weighted by Gasteiger charge is -2.23. The summed E-state index contributed by atoms with van der Waals surface area (Å²) >= 11 is 0. The zero-order chi connectivity index (χ0) is 22.5. The number of nitrogens with one attached hydrogen (secondary N) is 2. The van der Waals surface area contributed by atoms with Crippen molar-refractivity contribution in [1.29, 1.82) is 0 Å². The Morgan fingerprint density at radius 3 is 2.75 bits per heavy atom. The normalized spacial score (nSPS) is 21.0. The molecule has 1 aromatic heterocycles. The van der Waals surface area contributed by atoms with E-state index in [1.807, 2.05) is 48.5 Å². The quantitative estimate of drug-likeness (QED) is 0.604. The van der Waals surface area contributed by atoms with E-state index in [4.69, 9.17) is 4.42 Å². The molecule has 32 heavy (non-hydrogen) atoms. The molecule has 2 heterocycles. The van der Waals surface area contributed by atoms with Crippen molar-refractivity contribution in [2.75, 3.05) is 6.54 Å². The second kappa shape index (κ2) is 7.51. The molecule has 1 fully saturated rings. The first-order valence-electron chi connectivity index (χ1n) is 10.9. The topological polar surface area (TPSA) is 91.7 Å². The Morgan fingerprint density at radius 2 is 1.94 bits per heavy atom. The van der Waals surface area contributed by atoms with Crippen LogP contribution < -0.4 is 10.6 Å². The highest BCUT2D eigenvalue weighted by molar-refractivity contribution is 6.09. The molecular formula is C25H25N3O4. The van der Waals surface area contributed by atoms with Gasteiger partial charge >= 0.3 is 6.03 Å². The molecule has 5 rings (SSSR count). The van der Waals surface area contributed by atoms with Crippen LogP contribution in [0.3, 0.4) is 0 Å². The lowest BCUT2D eigenvalue weighted by molar-refractivity contribution is -0.135. The van der Waals surface area contributed by atoms with E-state index in [1.54, 1.807) is 13.8 Å². The minimum Gasteiger partial charge on any atom is -0.459 e. The highest BCUT2D eigenvalue weighted by atomic mass is 16.3. The van der Waals surface area contributed by atoms with Crippen LogP contribution in [-0.2, 0) is 28.0 Å². The molecule has 1 aliphatic carbocycles. The Kier molecular flexibility index (Phi) is 4.77. The zero-order valence-corrected chi connectivity index (χ0v) is 18.1. The summed E-state index contributed by atoms with van der Waals surface area (Å²) in [6.45, 7) is 3.14. The second-order valence-corrected chi connectivity index (χ2v) is 8.76. The van der Waals surface area contributed by atoms with Crippen molar-refractivity contribution in [3.63, 3.8) is 0 Å². The van der Waals surface area contributed by atoms with Crippen LogP contribution in [0, 0.1) is 0 Å². The fraction of sp³-hybridized carbons (Fsp3) is 0.320. The van der Waals surface area contributed by atoms with Gasteiger partial charge in [-0.2, -0.15) is 0 Å². The van der Waals surface area contributed by atoms with Crippen LogP contribution in [0.15, 0.2) is 52.9 Å². The van der Waals surface area contributed by atoms with E-state index in [1.165, 1.54) is 11.1 Å². The van der Waals surface area contributed by atoms with Gasteiger partial charge in [0.05, 0.1) is 6.04 Å². The third-order valence-corrected chi connectivity index (χ3v) is 6.50. The number of fused-ring (bicyclic) bond motifs is 2. The molecule has 164 valence electrons. The van der Waals surface area contributed by atoms with Gasteiger partial charge in [-0.05, 0) is 61.9 Å². The Hall–Kier alpha value is -3.61. The molecule has 2 aromatic carbocycles. The molecule has 2 atom stereocenters. The number of amides is 4. The van der Waals surface area contributed by atoms with Crippen LogP contribution in [-0.4, -0.2) is 29.3 Å². The fourth-order valence-corrected chi connectivity index (χ4v) is 4.64. The molecule has 1 aliphatic heterocycles. The van der Waals surface area contributed by atoms with Crippen LogP contribution >= 0.6 is 0 Å². The van der Waals surface area contributed by atoms with E-state index < -0.39 is 29.4 Å². The molecule has 0 unspecified atom stereocenters. The van der Waals surface area contributed by atoms with Gasteiger partial charge in [0.15, 0.2) is 0 Å². The SMILES string of the molecule is C[C@@H](NC(=O)CN1C(=O)N[C@@](C)(c2ccc3c(c2)CCC3)C1=O)c1cc2ccccc2o1. The second-order valence-electron chi connectivity index (χ2n) is 8.76. The Balaban J connectivity index is 1.29. The van der Waals surface area contributed by atoms with Crippen LogP contribution in [0.2, 0.25) is 0 Å². The molecule has 0 spiro atoms. The van der Waals surface area contributed by atoms with Gasteiger partial charge in [-0.25, -0.2) is 4.79 Å². The molecule has 7 nitrogen and oxygen atoms in total. The van der Waals surface area contributed by atoms with Crippen molar-refractivity contribution < 1.29 is 18.8 Å². The first-order valence-corrected chi connectivity index (χ1v) is 10.9. The average Bonchev–Trinajstić information content (AvgIpc) is 3.47. The van der Waals surface area contributed by atoms with E-state index in [0.29, 0.717) is 5.76 Å². The number of para-hydroxylation sites is 1. The summed E-state index contributed by atoms with van der Waals surface area (Å²) in [6, 6.07) is 14.4. The van der Waals surface area contributed by atoms with Gasteiger partial charge in [-0.15, -0.1) is 0 Å². The van der Waals surface area contributed by atoms with Gasteiger partial charge < -0.3 is 15.1 Å². The van der Waals surface area contributed by atoms with Crippen molar-refractivity contribution in [2.24, 2.45) is 0 Å². The number of hydrogen-bond donors (Lipinski definition) is 2. The van der Waals surface area contributed by atoms with Crippen molar-refractivity contribution in [2.45, 2.75) is 44.7 Å². The lowest BCUT2D eigenvalue weighted by Crippen LogP contribution is -2.43. The molecule has 2 aliphatic rings. The van der Waals surface area contributed by atoms with Gasteiger partial charge in [0.1, 0.15) is 23.4 Å². The smallest absolute Gasteiger partial charge is 0.325 e. The summed E-state index contributed by atoms with van der Waals surface area (Å²) in [7, 11) is 0. The standard InChI is InChI=1S/C25H25N3O4/c1-15(21-13-18-6-3-4-9-20(18)32-21)26-22(29)14-28-23(30)25(2,27-24(28)31)19-11-10-16-7-5-8-17(16)12-19/h3-4,6,9-13,15H,5,7-8,14H2,1-2H3,(H,26,29)(H,27,31)/t15-,25+/m1/s1. The van der Waals surface area contributed by atoms with Crippen LogP contribution in [0.5, 0.6) is 0 Å². The molecule has 4 amide bonds.